The Kier molecular flexibility index (Phi) is 7.35. The molecule has 0 fully saturated rings. The van der Waals surface area contributed by atoms with E-state index in [4.69, 9.17) is 0 Å². The van der Waals surface area contributed by atoms with Gasteiger partial charge in [0.05, 0.1) is 25.0 Å². The number of nitrogens with zero attached hydrogens (tertiary/aromatic N) is 2. The van der Waals surface area contributed by atoms with Gasteiger partial charge in [-0.25, -0.2) is 14.8 Å². The summed E-state index contributed by atoms with van der Waals surface area (Å²) < 4.78 is 4.67. The van der Waals surface area contributed by atoms with Crippen molar-refractivity contribution in [2.75, 3.05) is 7.11 Å². The van der Waals surface area contributed by atoms with Crippen LogP contribution in [-0.4, -0.2) is 28.2 Å². The van der Waals surface area contributed by atoms with Crippen molar-refractivity contribution in [2.45, 2.75) is 20.5 Å². The van der Waals surface area contributed by atoms with Crippen molar-refractivity contribution in [2.24, 2.45) is 0 Å². The molecule has 1 heterocycles. The predicted octanol–water partition coefficient (Wildman–Crippen LogP) is 0.851. The molecule has 1 aromatic heterocycles. The summed E-state index contributed by atoms with van der Waals surface area (Å²) in [5.41, 5.74) is 1.97. The van der Waals surface area contributed by atoms with E-state index in [9.17, 15) is 9.90 Å². The van der Waals surface area contributed by atoms with Crippen molar-refractivity contribution < 1.29 is 47.3 Å². The Hall–Kier alpha value is -0.646. The van der Waals surface area contributed by atoms with E-state index in [0.717, 1.165) is 0 Å². The number of carbonyl (C=O) groups excluding carboxylic acids is 1. The van der Waals surface area contributed by atoms with E-state index in [2.05, 4.69) is 14.7 Å². The number of aromatic nitrogens is 2. The Labute approximate surface area is 125 Å². The Balaban J connectivity index is 0.00000256. The third-order valence-electron chi connectivity index (χ3n) is 2.23. The second-order valence-corrected chi connectivity index (χ2v) is 3.13. The van der Waals surface area contributed by atoms with Crippen LogP contribution in [0.1, 0.15) is 23.9 Å². The van der Waals surface area contributed by atoms with Crippen molar-refractivity contribution in [1.82, 2.24) is 9.97 Å². The molecule has 89 valence electrons. The van der Waals surface area contributed by atoms with Crippen LogP contribution >= 0.6 is 0 Å². The number of allylic oxidation sites excluding steroid dienone is 1. The zero-order valence-electron chi connectivity index (χ0n) is 10.1. The van der Waals surface area contributed by atoms with Crippen LogP contribution in [0, 0.1) is 6.92 Å². The van der Waals surface area contributed by atoms with Gasteiger partial charge in [-0.05, 0) is 13.8 Å². The van der Waals surface area contributed by atoms with Crippen LogP contribution in [0.5, 0.6) is 0 Å². The molecule has 0 amide bonds. The molecule has 0 unspecified atom stereocenters. The first-order valence-corrected chi connectivity index (χ1v) is 4.82. The van der Waals surface area contributed by atoms with Crippen molar-refractivity contribution in [1.29, 1.82) is 0 Å². The molecule has 1 N–H and O–H groups in total. The Morgan fingerprint density at radius 2 is 2.18 bits per heavy atom. The third-order valence-corrected chi connectivity index (χ3v) is 2.23. The number of esters is 1. The van der Waals surface area contributed by atoms with Crippen LogP contribution in [0.15, 0.2) is 12.4 Å². The normalized spacial score (nSPS) is 10.7. The standard InChI is InChI=1S/C11H14N2O3.Y/c1-4-8(11(15)16-3)10-7(2)12-6-13-9(10)5-14;/h4,6,14H,5H2,1-3H3;/b8-4+;. The summed E-state index contributed by atoms with van der Waals surface area (Å²) in [6.45, 7) is 3.23. The van der Waals surface area contributed by atoms with Crippen molar-refractivity contribution in [3.8, 4) is 0 Å². The van der Waals surface area contributed by atoms with E-state index < -0.39 is 5.97 Å². The molecular weight excluding hydrogens is 297 g/mol. The van der Waals surface area contributed by atoms with Crippen LogP contribution in [-0.2, 0) is 48.8 Å². The fourth-order valence-electron chi connectivity index (χ4n) is 1.47. The largest absolute Gasteiger partial charge is 0.465 e. The van der Waals surface area contributed by atoms with Crippen LogP contribution < -0.4 is 0 Å². The van der Waals surface area contributed by atoms with Gasteiger partial charge in [0.15, 0.2) is 0 Å². The number of rotatable bonds is 3. The van der Waals surface area contributed by atoms with E-state index in [1.807, 2.05) is 0 Å². The van der Waals surface area contributed by atoms with Gasteiger partial charge in [-0.2, -0.15) is 0 Å². The van der Waals surface area contributed by atoms with Crippen LogP contribution in [0.25, 0.3) is 5.57 Å². The molecule has 0 saturated heterocycles. The molecule has 0 bridgehead atoms. The van der Waals surface area contributed by atoms with Crippen molar-refractivity contribution in [3.05, 3.63) is 29.4 Å². The number of ether oxygens (including phenoxy) is 1. The molecule has 17 heavy (non-hydrogen) atoms. The average Bonchev–Trinajstić information content (AvgIpc) is 2.31. The fourth-order valence-corrected chi connectivity index (χ4v) is 1.47. The van der Waals surface area contributed by atoms with Crippen molar-refractivity contribution in [3.63, 3.8) is 0 Å². The number of carbonyl (C=O) groups is 1. The number of aryl methyl sites for hydroxylation is 1. The molecule has 1 rings (SSSR count). The molecule has 1 radical (unpaired) electrons. The molecule has 0 aromatic carbocycles. The summed E-state index contributed by atoms with van der Waals surface area (Å²) in [7, 11) is 1.31. The molecule has 1 aromatic rings. The SMILES string of the molecule is C/C=C(/C(=O)OC)c1c(C)ncnc1CO.[Y]. The molecule has 0 aliphatic rings. The van der Waals surface area contributed by atoms with Gasteiger partial charge in [0.2, 0.25) is 0 Å². The van der Waals surface area contributed by atoms with Gasteiger partial charge < -0.3 is 9.84 Å². The summed E-state index contributed by atoms with van der Waals surface area (Å²) in [6, 6.07) is 0. The van der Waals surface area contributed by atoms with Gasteiger partial charge in [-0.15, -0.1) is 0 Å². The van der Waals surface area contributed by atoms with Gasteiger partial charge in [-0.1, -0.05) is 6.08 Å². The number of hydrogen-bond acceptors (Lipinski definition) is 5. The van der Waals surface area contributed by atoms with Gasteiger partial charge in [0, 0.05) is 44.0 Å². The second-order valence-electron chi connectivity index (χ2n) is 3.13. The van der Waals surface area contributed by atoms with Crippen LogP contribution in [0.4, 0.5) is 0 Å². The minimum Gasteiger partial charge on any atom is -0.465 e. The van der Waals surface area contributed by atoms with Crippen LogP contribution in [0.3, 0.4) is 0 Å². The third kappa shape index (κ3) is 3.66. The number of aliphatic hydroxyl groups excluding tert-OH is 1. The Morgan fingerprint density at radius 1 is 1.53 bits per heavy atom. The molecule has 0 spiro atoms. The Morgan fingerprint density at radius 3 is 2.65 bits per heavy atom. The van der Waals surface area contributed by atoms with E-state index in [1.165, 1.54) is 13.4 Å². The maximum Gasteiger partial charge on any atom is 0.338 e. The first-order chi connectivity index (χ1) is 7.65. The van der Waals surface area contributed by atoms with E-state index in [0.29, 0.717) is 22.5 Å². The minimum absolute atomic E-state index is 0. The van der Waals surface area contributed by atoms with E-state index in [-0.39, 0.29) is 39.3 Å². The average molecular weight is 311 g/mol. The quantitative estimate of drug-likeness (QED) is 0.662. The monoisotopic (exact) mass is 311 g/mol. The van der Waals surface area contributed by atoms with Gasteiger partial charge in [-0.3, -0.25) is 0 Å². The molecule has 5 nitrogen and oxygen atoms in total. The predicted molar refractivity (Wildman–Crippen MR) is 58.4 cm³/mol. The smallest absolute Gasteiger partial charge is 0.338 e. The summed E-state index contributed by atoms with van der Waals surface area (Å²) in [5, 5.41) is 9.17. The maximum absolute atomic E-state index is 11.5. The topological polar surface area (TPSA) is 72.3 Å². The molecule has 0 aliphatic heterocycles. The van der Waals surface area contributed by atoms with Crippen LogP contribution in [0.2, 0.25) is 0 Å². The maximum atomic E-state index is 11.5. The molecule has 6 heteroatoms. The number of aliphatic hydroxyl groups is 1. The van der Waals surface area contributed by atoms with E-state index >= 15 is 0 Å². The minimum atomic E-state index is -0.463. The second kappa shape index (κ2) is 7.64. The van der Waals surface area contributed by atoms with E-state index in [1.54, 1.807) is 19.9 Å². The Bertz CT molecular complexity index is 433. The first-order valence-electron chi connectivity index (χ1n) is 4.82. The first kappa shape index (κ1) is 16.4. The van der Waals surface area contributed by atoms with Gasteiger partial charge in [0.25, 0.3) is 0 Å². The molecule has 0 saturated carbocycles. The summed E-state index contributed by atoms with van der Waals surface area (Å²) in [6.07, 6.45) is 2.98. The number of methoxy groups -OCH3 is 1. The zero-order chi connectivity index (χ0) is 12.1. The van der Waals surface area contributed by atoms with Gasteiger partial charge in [0.1, 0.15) is 6.33 Å². The summed E-state index contributed by atoms with van der Waals surface area (Å²) in [4.78, 5) is 19.5. The molecular formula is C11H14N2O3Y. The molecule has 0 aliphatic carbocycles. The molecule has 0 atom stereocenters. The summed E-state index contributed by atoms with van der Waals surface area (Å²) in [5.74, 6) is -0.463. The summed E-state index contributed by atoms with van der Waals surface area (Å²) >= 11 is 0. The zero-order valence-corrected chi connectivity index (χ0v) is 12.9. The number of hydrogen-bond donors (Lipinski definition) is 1. The fraction of sp³-hybridized carbons (Fsp3) is 0.364. The van der Waals surface area contributed by atoms with Crippen molar-refractivity contribution >= 4 is 11.5 Å². The van der Waals surface area contributed by atoms with Gasteiger partial charge >= 0.3 is 5.97 Å².